The van der Waals surface area contributed by atoms with Crippen LogP contribution in [-0.2, 0) is 19.0 Å². The fourth-order valence-electron chi connectivity index (χ4n) is 12.7. The Bertz CT molecular complexity index is 1510. The fraction of sp³-hybridized carbons (Fsp3) is 0.804. The van der Waals surface area contributed by atoms with Gasteiger partial charge >= 0.3 is 5.97 Å². The van der Waals surface area contributed by atoms with E-state index in [-0.39, 0.29) is 24.1 Å². The zero-order chi connectivity index (χ0) is 45.4. The summed E-state index contributed by atoms with van der Waals surface area (Å²) in [5, 5.41) is 32.6. The van der Waals surface area contributed by atoms with Crippen molar-refractivity contribution < 1.29 is 34.3 Å². The predicted octanol–water partition coefficient (Wildman–Crippen LogP) is 12.9. The molecule has 63 heavy (non-hydrogen) atoms. The molecule has 1 heterocycles. The van der Waals surface area contributed by atoms with E-state index in [1.807, 2.05) is 0 Å². The number of rotatable bonds is 25. The Morgan fingerprint density at radius 3 is 2.14 bits per heavy atom. The van der Waals surface area contributed by atoms with Crippen LogP contribution in [0.25, 0.3) is 0 Å². The van der Waals surface area contributed by atoms with Crippen LogP contribution in [0.1, 0.15) is 190 Å². The van der Waals surface area contributed by atoms with Crippen LogP contribution in [0.15, 0.2) is 60.3 Å². The Morgan fingerprint density at radius 1 is 0.778 bits per heavy atom. The minimum Gasteiger partial charge on any atom is -0.463 e. The van der Waals surface area contributed by atoms with Crippen molar-refractivity contribution in [2.24, 2.45) is 52.3 Å². The lowest BCUT2D eigenvalue weighted by molar-refractivity contribution is -0.313. The number of unbranched alkanes of at least 4 members (excludes halogenated alkanes) is 6. The number of fused-ring (bicyclic) bond motifs is 5. The van der Waals surface area contributed by atoms with E-state index in [2.05, 4.69) is 103 Å². The van der Waals surface area contributed by atoms with Gasteiger partial charge in [-0.1, -0.05) is 147 Å². The highest BCUT2D eigenvalue weighted by Gasteiger charge is 2.59. The third-order valence-corrected chi connectivity index (χ3v) is 17.2. The van der Waals surface area contributed by atoms with Crippen molar-refractivity contribution in [2.75, 3.05) is 6.61 Å². The van der Waals surface area contributed by atoms with Crippen molar-refractivity contribution in [3.8, 4) is 0 Å². The summed E-state index contributed by atoms with van der Waals surface area (Å²) in [5.74, 6) is 5.12. The van der Waals surface area contributed by atoms with Gasteiger partial charge in [0.05, 0.1) is 6.10 Å². The summed E-state index contributed by atoms with van der Waals surface area (Å²) in [4.78, 5) is 12.6. The minimum atomic E-state index is -1.45. The molecule has 1 saturated heterocycles. The van der Waals surface area contributed by atoms with Gasteiger partial charge in [0.25, 0.3) is 0 Å². The van der Waals surface area contributed by atoms with Crippen molar-refractivity contribution in [3.05, 3.63) is 60.3 Å². The van der Waals surface area contributed by atoms with E-state index in [0.29, 0.717) is 17.8 Å². The molecular weight excluding hydrogens is 785 g/mol. The second-order valence-electron chi connectivity index (χ2n) is 21.6. The number of hydrogen-bond donors (Lipinski definition) is 3. The van der Waals surface area contributed by atoms with Gasteiger partial charge in [0.15, 0.2) is 6.29 Å². The highest BCUT2D eigenvalue weighted by molar-refractivity contribution is 5.69. The third kappa shape index (κ3) is 14.2. The Hall–Kier alpha value is -2.03. The molecule has 4 fully saturated rings. The smallest absolute Gasteiger partial charge is 0.305 e. The van der Waals surface area contributed by atoms with E-state index < -0.39 is 30.7 Å². The maximum absolute atomic E-state index is 12.6. The molecule has 0 aromatic rings. The summed E-state index contributed by atoms with van der Waals surface area (Å²) >= 11 is 0. The number of allylic oxidation sites excluding steroid dienone is 9. The minimum absolute atomic E-state index is 0.148. The van der Waals surface area contributed by atoms with E-state index in [1.165, 1.54) is 56.9 Å². The van der Waals surface area contributed by atoms with Crippen LogP contribution in [0.4, 0.5) is 0 Å². The largest absolute Gasteiger partial charge is 0.463 e. The molecule has 4 aliphatic carbocycles. The number of aliphatic hydroxyl groups is 3. The Labute approximate surface area is 384 Å². The van der Waals surface area contributed by atoms with Crippen LogP contribution in [0.5, 0.6) is 0 Å². The van der Waals surface area contributed by atoms with Crippen molar-refractivity contribution in [2.45, 2.75) is 227 Å². The predicted molar refractivity (Wildman–Crippen MR) is 258 cm³/mol. The highest BCUT2D eigenvalue weighted by Crippen LogP contribution is 2.67. The lowest BCUT2D eigenvalue weighted by Crippen LogP contribution is -2.60. The summed E-state index contributed by atoms with van der Waals surface area (Å²) in [7, 11) is 0. The van der Waals surface area contributed by atoms with Crippen molar-refractivity contribution >= 4 is 5.97 Å². The van der Waals surface area contributed by atoms with Gasteiger partial charge in [-0.3, -0.25) is 4.79 Å². The average molecular weight is 877 g/mol. The zero-order valence-corrected chi connectivity index (χ0v) is 40.9. The topological polar surface area (TPSA) is 105 Å². The molecule has 7 heteroatoms. The molecule has 14 atom stereocenters. The maximum Gasteiger partial charge on any atom is 0.305 e. The SMILES string of the molecule is CC/C=C\C/C=C\C/C=C\C/C=C\CCCCCCCCC(=O)OCC1OC(OC2CCC3(C)C(=CCC4C3CCC3(C)C(C(C)CCC(C)C(C)C)CCC43)C2)C(O)C(O)C1O. The van der Waals surface area contributed by atoms with Gasteiger partial charge in [-0.15, -0.1) is 0 Å². The van der Waals surface area contributed by atoms with E-state index in [0.717, 1.165) is 119 Å². The molecule has 0 bridgehead atoms. The van der Waals surface area contributed by atoms with Crippen molar-refractivity contribution in [1.29, 1.82) is 0 Å². The summed E-state index contributed by atoms with van der Waals surface area (Å²) in [6.07, 6.45) is 37.8. The molecule has 0 aromatic carbocycles. The van der Waals surface area contributed by atoms with Crippen LogP contribution >= 0.6 is 0 Å². The number of carbonyl (C=O) groups excluding carboxylic acids is 1. The van der Waals surface area contributed by atoms with Gasteiger partial charge < -0.3 is 29.5 Å². The Balaban J connectivity index is 0.979. The number of carbonyl (C=O) groups is 1. The first-order valence-electron chi connectivity index (χ1n) is 26.1. The molecule has 14 unspecified atom stereocenters. The van der Waals surface area contributed by atoms with Gasteiger partial charge in [0.1, 0.15) is 31.0 Å². The van der Waals surface area contributed by atoms with Gasteiger partial charge in [0.2, 0.25) is 0 Å². The summed E-state index contributed by atoms with van der Waals surface area (Å²) < 4.78 is 18.0. The number of aliphatic hydroxyl groups excluding tert-OH is 3. The molecule has 3 saturated carbocycles. The standard InChI is InChI=1S/C56H92O7/c1-8-9-10-11-12-13-14-15-16-17-18-19-20-21-22-23-24-25-26-27-50(57)61-39-49-51(58)52(59)53(60)54(63-49)62-44-34-36-55(6)43(38-44)30-31-45-47-33-32-46(56(47,7)37-35-48(45)55)42(5)29-28-41(4)40(2)3/h9-10,12-13,15-16,18-19,30,40-42,44-49,51-54,58-60H,8,11,14,17,20-29,31-39H2,1-7H3/b10-9-,13-12-,16-15-,19-18-. The van der Waals surface area contributed by atoms with E-state index in [4.69, 9.17) is 14.2 Å². The molecule has 3 N–H and O–H groups in total. The molecular formula is C56H92O7. The summed E-state index contributed by atoms with van der Waals surface area (Å²) in [6.45, 7) is 16.9. The zero-order valence-electron chi connectivity index (χ0n) is 40.9. The van der Waals surface area contributed by atoms with E-state index in [1.54, 1.807) is 0 Å². The van der Waals surface area contributed by atoms with Crippen molar-refractivity contribution in [1.82, 2.24) is 0 Å². The van der Waals surface area contributed by atoms with Crippen molar-refractivity contribution in [3.63, 3.8) is 0 Å². The van der Waals surface area contributed by atoms with Crippen LogP contribution in [0.3, 0.4) is 0 Å². The second-order valence-corrected chi connectivity index (χ2v) is 21.6. The molecule has 5 rings (SSSR count). The third-order valence-electron chi connectivity index (χ3n) is 17.2. The first-order valence-corrected chi connectivity index (χ1v) is 26.1. The summed E-state index contributed by atoms with van der Waals surface area (Å²) in [5.41, 5.74) is 2.11. The van der Waals surface area contributed by atoms with Crippen LogP contribution in [-0.4, -0.2) is 64.7 Å². The number of ether oxygens (including phenoxy) is 3. The fourth-order valence-corrected chi connectivity index (χ4v) is 12.7. The van der Waals surface area contributed by atoms with E-state index >= 15 is 0 Å². The second kappa shape index (κ2) is 25.8. The lowest BCUT2D eigenvalue weighted by atomic mass is 9.47. The Morgan fingerprint density at radius 2 is 1.44 bits per heavy atom. The molecule has 0 spiro atoms. The van der Waals surface area contributed by atoms with Crippen LogP contribution in [0.2, 0.25) is 0 Å². The van der Waals surface area contributed by atoms with Crippen LogP contribution in [0, 0.1) is 52.3 Å². The monoisotopic (exact) mass is 877 g/mol. The highest BCUT2D eigenvalue weighted by atomic mass is 16.7. The first kappa shape index (κ1) is 51.9. The molecule has 1 aliphatic heterocycles. The van der Waals surface area contributed by atoms with Gasteiger partial charge in [0, 0.05) is 6.42 Å². The van der Waals surface area contributed by atoms with Gasteiger partial charge in [-0.25, -0.2) is 0 Å². The summed E-state index contributed by atoms with van der Waals surface area (Å²) in [6, 6.07) is 0. The molecule has 5 aliphatic rings. The van der Waals surface area contributed by atoms with Crippen LogP contribution < -0.4 is 0 Å². The van der Waals surface area contributed by atoms with Gasteiger partial charge in [-0.05, 0) is 149 Å². The average Bonchev–Trinajstić information content (AvgIpc) is 3.63. The lowest BCUT2D eigenvalue weighted by Gasteiger charge is -2.58. The quantitative estimate of drug-likeness (QED) is 0.0476. The molecule has 0 amide bonds. The molecule has 0 aromatic heterocycles. The normalized spacial score (nSPS) is 35.6. The van der Waals surface area contributed by atoms with E-state index in [9.17, 15) is 20.1 Å². The molecule has 0 radical (unpaired) electrons. The molecule has 358 valence electrons. The maximum atomic E-state index is 12.6. The molecule has 7 nitrogen and oxygen atoms in total. The number of esters is 1. The first-order chi connectivity index (χ1) is 30.3. The Kier molecular flexibility index (Phi) is 21.2. The number of hydrogen-bond acceptors (Lipinski definition) is 7. The van der Waals surface area contributed by atoms with Gasteiger partial charge in [-0.2, -0.15) is 0 Å².